The fourth-order valence-corrected chi connectivity index (χ4v) is 7.32. The summed E-state index contributed by atoms with van der Waals surface area (Å²) in [6, 6.07) is 0. The SMILES string of the molecule is CC(=O)O[C@]1(C(C)=O)CC[C@@H]2C3=C[C@H](C)C4=CC(=O)CC[C@]4(C)[C@@H]3CC[C@@]21C. The van der Waals surface area contributed by atoms with E-state index in [1.165, 1.54) is 18.1 Å². The van der Waals surface area contributed by atoms with E-state index >= 15 is 0 Å². The predicted octanol–water partition coefficient (Wildman–Crippen LogP) is 4.58. The molecule has 0 heterocycles. The number of fused-ring (bicyclic) bond motifs is 5. The van der Waals surface area contributed by atoms with E-state index in [1.54, 1.807) is 6.92 Å². The zero-order chi connectivity index (χ0) is 20.5. The first kappa shape index (κ1) is 19.6. The highest BCUT2D eigenvalue weighted by Gasteiger charge is 2.66. The number of hydrogen-bond acceptors (Lipinski definition) is 4. The van der Waals surface area contributed by atoms with Crippen molar-refractivity contribution < 1.29 is 19.1 Å². The largest absolute Gasteiger partial charge is 0.451 e. The Kier molecular flexibility index (Phi) is 4.30. The highest BCUT2D eigenvalue weighted by Crippen LogP contribution is 2.67. The molecule has 2 saturated carbocycles. The molecule has 28 heavy (non-hydrogen) atoms. The molecule has 6 atom stereocenters. The van der Waals surface area contributed by atoms with Gasteiger partial charge in [-0.25, -0.2) is 0 Å². The fraction of sp³-hybridized carbons (Fsp3) is 0.708. The van der Waals surface area contributed by atoms with Crippen LogP contribution in [-0.4, -0.2) is 23.1 Å². The Morgan fingerprint density at radius 1 is 1.07 bits per heavy atom. The van der Waals surface area contributed by atoms with Crippen LogP contribution in [-0.2, 0) is 19.1 Å². The third-order valence-corrected chi connectivity index (χ3v) is 8.69. The lowest BCUT2D eigenvalue weighted by atomic mass is 9.48. The Morgan fingerprint density at radius 3 is 2.39 bits per heavy atom. The van der Waals surface area contributed by atoms with E-state index < -0.39 is 5.60 Å². The van der Waals surface area contributed by atoms with Crippen molar-refractivity contribution in [1.82, 2.24) is 0 Å². The lowest BCUT2D eigenvalue weighted by Crippen LogP contribution is -2.56. The first-order chi connectivity index (χ1) is 13.0. The van der Waals surface area contributed by atoms with Crippen molar-refractivity contribution in [3.8, 4) is 0 Å². The number of rotatable bonds is 2. The summed E-state index contributed by atoms with van der Waals surface area (Å²) < 4.78 is 5.81. The van der Waals surface area contributed by atoms with Crippen LogP contribution in [0.4, 0.5) is 0 Å². The minimum absolute atomic E-state index is 0.0225. The molecule has 0 N–H and O–H groups in total. The average molecular weight is 385 g/mol. The van der Waals surface area contributed by atoms with Gasteiger partial charge in [-0.1, -0.05) is 38.0 Å². The second kappa shape index (κ2) is 6.14. The summed E-state index contributed by atoms with van der Waals surface area (Å²) in [7, 11) is 0. The van der Waals surface area contributed by atoms with E-state index in [2.05, 4.69) is 26.8 Å². The van der Waals surface area contributed by atoms with Gasteiger partial charge in [0.1, 0.15) is 0 Å². The summed E-state index contributed by atoms with van der Waals surface area (Å²) in [4.78, 5) is 36.8. The number of carbonyl (C=O) groups excluding carboxylic acids is 3. The van der Waals surface area contributed by atoms with Gasteiger partial charge in [0.2, 0.25) is 0 Å². The lowest BCUT2D eigenvalue weighted by Gasteiger charge is -2.56. The van der Waals surface area contributed by atoms with E-state index in [4.69, 9.17) is 4.74 Å². The van der Waals surface area contributed by atoms with Gasteiger partial charge in [-0.05, 0) is 68.3 Å². The molecule has 2 fully saturated rings. The normalized spacial score (nSPS) is 44.6. The molecule has 152 valence electrons. The van der Waals surface area contributed by atoms with Crippen LogP contribution in [0.1, 0.15) is 73.1 Å². The predicted molar refractivity (Wildman–Crippen MR) is 106 cm³/mol. The zero-order valence-corrected chi connectivity index (χ0v) is 17.8. The van der Waals surface area contributed by atoms with Crippen LogP contribution in [0.5, 0.6) is 0 Å². The molecule has 0 saturated heterocycles. The van der Waals surface area contributed by atoms with Crippen molar-refractivity contribution in [3.05, 3.63) is 23.3 Å². The molecule has 0 radical (unpaired) electrons. The summed E-state index contributed by atoms with van der Waals surface area (Å²) in [5.41, 5.74) is 1.41. The van der Waals surface area contributed by atoms with Crippen LogP contribution in [0.2, 0.25) is 0 Å². The minimum Gasteiger partial charge on any atom is -0.451 e. The molecule has 0 aromatic carbocycles. The topological polar surface area (TPSA) is 60.4 Å². The Labute approximate surface area is 167 Å². The Balaban J connectivity index is 1.80. The molecule has 0 amide bonds. The standard InChI is InChI=1S/C24H32O4/c1-14-12-18-19(22(4)9-6-17(27)13-21(14)22)7-10-23(5)20(18)8-11-24(23,15(2)25)28-16(3)26/h12-14,19-20H,6-11H2,1-5H3/t14-,19+,20+,22+,23-,24-/m0/s1. The summed E-state index contributed by atoms with van der Waals surface area (Å²) in [5.74, 6) is 0.778. The van der Waals surface area contributed by atoms with Crippen molar-refractivity contribution in [3.63, 3.8) is 0 Å². The van der Waals surface area contributed by atoms with Gasteiger partial charge in [-0.2, -0.15) is 0 Å². The third kappa shape index (κ3) is 2.39. The quantitative estimate of drug-likeness (QED) is 0.517. The highest BCUT2D eigenvalue weighted by molar-refractivity contribution is 5.92. The maximum Gasteiger partial charge on any atom is 0.303 e. The molecular formula is C24H32O4. The van der Waals surface area contributed by atoms with Crippen LogP contribution < -0.4 is 0 Å². The average Bonchev–Trinajstić information content (AvgIpc) is 2.90. The second-order valence-corrected chi connectivity index (χ2v) is 10.0. The number of ether oxygens (including phenoxy) is 1. The number of ketones is 2. The highest BCUT2D eigenvalue weighted by atomic mass is 16.6. The van der Waals surface area contributed by atoms with Gasteiger partial charge in [0.05, 0.1) is 0 Å². The van der Waals surface area contributed by atoms with E-state index in [0.717, 1.165) is 25.7 Å². The number of Topliss-reactive ketones (excluding diaryl/α,β-unsaturated/α-hetero) is 1. The van der Waals surface area contributed by atoms with Crippen molar-refractivity contribution >= 4 is 17.5 Å². The lowest BCUT2D eigenvalue weighted by molar-refractivity contribution is -0.181. The van der Waals surface area contributed by atoms with E-state index in [-0.39, 0.29) is 40.2 Å². The van der Waals surface area contributed by atoms with Crippen molar-refractivity contribution in [2.75, 3.05) is 0 Å². The van der Waals surface area contributed by atoms with E-state index in [0.29, 0.717) is 18.8 Å². The van der Waals surface area contributed by atoms with Crippen LogP contribution in [0.15, 0.2) is 23.3 Å². The van der Waals surface area contributed by atoms with Gasteiger partial charge < -0.3 is 4.74 Å². The van der Waals surface area contributed by atoms with Gasteiger partial charge in [0.25, 0.3) is 0 Å². The van der Waals surface area contributed by atoms with Gasteiger partial charge in [-0.3, -0.25) is 14.4 Å². The molecular weight excluding hydrogens is 352 g/mol. The zero-order valence-electron chi connectivity index (χ0n) is 17.8. The number of hydrogen-bond donors (Lipinski definition) is 0. The van der Waals surface area contributed by atoms with E-state index in [1.807, 2.05) is 6.08 Å². The third-order valence-electron chi connectivity index (χ3n) is 8.69. The summed E-state index contributed by atoms with van der Waals surface area (Å²) in [5, 5.41) is 0. The van der Waals surface area contributed by atoms with Crippen LogP contribution in [0, 0.1) is 28.6 Å². The number of carbonyl (C=O) groups is 3. The molecule has 0 aliphatic heterocycles. The van der Waals surface area contributed by atoms with Gasteiger partial charge in [0, 0.05) is 18.8 Å². The van der Waals surface area contributed by atoms with Crippen LogP contribution in [0.25, 0.3) is 0 Å². The Hall–Kier alpha value is -1.71. The molecule has 0 bridgehead atoms. The first-order valence-electron chi connectivity index (χ1n) is 10.7. The molecule has 4 heteroatoms. The summed E-state index contributed by atoms with van der Waals surface area (Å²) in [6.45, 7) is 9.68. The fourth-order valence-electron chi connectivity index (χ4n) is 7.32. The minimum atomic E-state index is -1.00. The Bertz CT molecular complexity index is 820. The maximum atomic E-state index is 12.8. The molecule has 4 aliphatic carbocycles. The van der Waals surface area contributed by atoms with Crippen molar-refractivity contribution in [2.45, 2.75) is 78.7 Å². The number of esters is 1. The van der Waals surface area contributed by atoms with Gasteiger partial charge in [0.15, 0.2) is 17.2 Å². The van der Waals surface area contributed by atoms with Crippen molar-refractivity contribution in [2.24, 2.45) is 28.6 Å². The molecule has 0 aromatic rings. The van der Waals surface area contributed by atoms with Gasteiger partial charge in [-0.15, -0.1) is 0 Å². The Morgan fingerprint density at radius 2 is 1.75 bits per heavy atom. The van der Waals surface area contributed by atoms with Gasteiger partial charge >= 0.3 is 5.97 Å². The second-order valence-electron chi connectivity index (χ2n) is 10.0. The molecule has 4 nitrogen and oxygen atoms in total. The molecule has 0 unspecified atom stereocenters. The molecule has 4 aliphatic rings. The van der Waals surface area contributed by atoms with E-state index in [9.17, 15) is 14.4 Å². The van der Waals surface area contributed by atoms with Crippen LogP contribution in [0.3, 0.4) is 0 Å². The summed E-state index contributed by atoms with van der Waals surface area (Å²) in [6.07, 6.45) is 9.15. The molecule has 0 spiro atoms. The monoisotopic (exact) mass is 384 g/mol. The van der Waals surface area contributed by atoms with Crippen molar-refractivity contribution in [1.29, 1.82) is 0 Å². The molecule has 0 aromatic heterocycles. The van der Waals surface area contributed by atoms with Crippen LogP contribution >= 0.6 is 0 Å². The number of allylic oxidation sites excluding steroid dienone is 4. The summed E-state index contributed by atoms with van der Waals surface area (Å²) >= 11 is 0. The smallest absolute Gasteiger partial charge is 0.303 e. The maximum absolute atomic E-state index is 12.8. The first-order valence-corrected chi connectivity index (χ1v) is 10.7. The molecule has 4 rings (SSSR count).